The lowest BCUT2D eigenvalue weighted by atomic mass is 9.90. The maximum Gasteiger partial charge on any atom is 0.0971 e. The first-order valence-electron chi connectivity index (χ1n) is 10.0. The zero-order valence-electron chi connectivity index (χ0n) is 16.4. The molecule has 1 heterocycles. The maximum absolute atomic E-state index is 9.34. The number of azide groups is 1. The number of hydrogen-bond donors (Lipinski definition) is 0. The summed E-state index contributed by atoms with van der Waals surface area (Å²) in [5.74, 6) is 0. The summed E-state index contributed by atoms with van der Waals surface area (Å²) in [5, 5.41) is 6.62. The molecule has 1 atom stereocenters. The van der Waals surface area contributed by atoms with Gasteiger partial charge in [0, 0.05) is 21.4 Å². The van der Waals surface area contributed by atoms with Crippen molar-refractivity contribution >= 4 is 21.8 Å². The lowest BCUT2D eigenvalue weighted by Gasteiger charge is -2.20. The topological polar surface area (TPSA) is 53.7 Å². The second kappa shape index (κ2) is 5.99. The van der Waals surface area contributed by atoms with Crippen molar-refractivity contribution in [1.82, 2.24) is 4.57 Å². The van der Waals surface area contributed by atoms with E-state index in [-0.39, 0.29) is 0 Å². The Morgan fingerprint density at radius 1 is 0.733 bits per heavy atom. The van der Waals surface area contributed by atoms with Crippen LogP contribution in [0.2, 0.25) is 0 Å². The summed E-state index contributed by atoms with van der Waals surface area (Å²) >= 11 is 0. The number of fused-ring (bicyclic) bond motifs is 6. The van der Waals surface area contributed by atoms with Gasteiger partial charge in [-0.2, -0.15) is 0 Å². The quantitative estimate of drug-likeness (QED) is 0.173. The van der Waals surface area contributed by atoms with Crippen LogP contribution in [0, 0.1) is 0 Å². The van der Waals surface area contributed by atoms with Gasteiger partial charge in [-0.05, 0) is 65.0 Å². The largest absolute Gasteiger partial charge is 0.309 e. The predicted octanol–water partition coefficient (Wildman–Crippen LogP) is 7.34. The van der Waals surface area contributed by atoms with Crippen molar-refractivity contribution < 1.29 is 0 Å². The molecule has 0 saturated heterocycles. The van der Waals surface area contributed by atoms with Crippen LogP contribution in [-0.4, -0.2) is 4.57 Å². The average Bonchev–Trinajstić information content (AvgIpc) is 3.24. The third-order valence-electron chi connectivity index (χ3n) is 6.34. The highest BCUT2D eigenvalue weighted by atomic mass is 15.2. The molecule has 1 unspecified atom stereocenters. The number of aromatic nitrogens is 1. The Kier molecular flexibility index (Phi) is 3.38. The van der Waals surface area contributed by atoms with Crippen molar-refractivity contribution in [3.8, 4) is 16.8 Å². The fourth-order valence-corrected chi connectivity index (χ4v) is 4.98. The van der Waals surface area contributed by atoms with Crippen LogP contribution in [0.5, 0.6) is 0 Å². The van der Waals surface area contributed by atoms with Crippen LogP contribution < -0.4 is 0 Å². The molecule has 4 heteroatoms. The molecule has 5 aromatic rings. The molecule has 0 fully saturated rings. The predicted molar refractivity (Wildman–Crippen MR) is 122 cm³/mol. The highest BCUT2D eigenvalue weighted by Gasteiger charge is 2.39. The first-order valence-corrected chi connectivity index (χ1v) is 10.0. The smallest absolute Gasteiger partial charge is 0.0971 e. The minimum absolute atomic E-state index is 0.717. The van der Waals surface area contributed by atoms with Crippen molar-refractivity contribution in [3.63, 3.8) is 0 Å². The standard InChI is InChI=1S/C26H18N4/c1-26(28-29-27)22-13-7-5-11-18(22)20-16-25-21(15-23(20)26)19-12-6-8-14-24(19)30(25)17-9-3-2-4-10-17/h2-16H,1H3. The van der Waals surface area contributed by atoms with Gasteiger partial charge in [-0.3, -0.25) is 0 Å². The third kappa shape index (κ3) is 2.08. The summed E-state index contributed by atoms with van der Waals surface area (Å²) in [6, 6.07) is 31.6. The van der Waals surface area contributed by atoms with Gasteiger partial charge in [-0.25, -0.2) is 0 Å². The zero-order valence-corrected chi connectivity index (χ0v) is 16.4. The van der Waals surface area contributed by atoms with Gasteiger partial charge in [0.2, 0.25) is 0 Å². The molecule has 0 bridgehead atoms. The van der Waals surface area contributed by atoms with E-state index in [0.29, 0.717) is 0 Å². The van der Waals surface area contributed by atoms with Crippen molar-refractivity contribution in [2.75, 3.05) is 0 Å². The molecular formula is C26H18N4. The van der Waals surface area contributed by atoms with E-state index >= 15 is 0 Å². The molecule has 0 saturated carbocycles. The van der Waals surface area contributed by atoms with Crippen molar-refractivity contribution in [3.05, 3.63) is 113 Å². The fraction of sp³-hybridized carbons (Fsp3) is 0.0769. The van der Waals surface area contributed by atoms with Crippen molar-refractivity contribution in [2.24, 2.45) is 5.11 Å². The van der Waals surface area contributed by atoms with Crippen LogP contribution in [0.1, 0.15) is 18.1 Å². The van der Waals surface area contributed by atoms with Crippen LogP contribution in [0.15, 0.2) is 96.1 Å². The molecule has 0 aliphatic heterocycles. The van der Waals surface area contributed by atoms with E-state index in [2.05, 4.69) is 87.4 Å². The minimum Gasteiger partial charge on any atom is -0.309 e. The van der Waals surface area contributed by atoms with Gasteiger partial charge in [-0.1, -0.05) is 65.8 Å². The Bertz CT molecular complexity index is 1510. The fourth-order valence-electron chi connectivity index (χ4n) is 4.98. The van der Waals surface area contributed by atoms with Gasteiger partial charge in [0.15, 0.2) is 0 Å². The second-order valence-electron chi connectivity index (χ2n) is 7.91. The van der Waals surface area contributed by atoms with E-state index in [9.17, 15) is 5.53 Å². The Labute approximate surface area is 173 Å². The summed E-state index contributed by atoms with van der Waals surface area (Å²) in [6.45, 7) is 2.01. The van der Waals surface area contributed by atoms with E-state index < -0.39 is 5.54 Å². The van der Waals surface area contributed by atoms with Crippen LogP contribution in [-0.2, 0) is 5.54 Å². The second-order valence-corrected chi connectivity index (χ2v) is 7.91. The number of rotatable bonds is 2. The number of hydrogen-bond acceptors (Lipinski definition) is 1. The first kappa shape index (κ1) is 16.9. The third-order valence-corrected chi connectivity index (χ3v) is 6.34. The molecule has 0 N–H and O–H groups in total. The van der Waals surface area contributed by atoms with Crippen LogP contribution in [0.3, 0.4) is 0 Å². The maximum atomic E-state index is 9.34. The zero-order chi connectivity index (χ0) is 20.3. The summed E-state index contributed by atoms with van der Waals surface area (Å²) in [5.41, 5.74) is 16.5. The van der Waals surface area contributed by atoms with Crippen LogP contribution in [0.4, 0.5) is 0 Å². The normalized spacial score (nSPS) is 17.0. The highest BCUT2D eigenvalue weighted by molar-refractivity contribution is 6.11. The molecule has 30 heavy (non-hydrogen) atoms. The van der Waals surface area contributed by atoms with E-state index in [1.807, 2.05) is 25.1 Å². The summed E-state index contributed by atoms with van der Waals surface area (Å²) < 4.78 is 2.32. The van der Waals surface area contributed by atoms with Gasteiger partial charge < -0.3 is 4.57 Å². The number of nitrogens with zero attached hydrogens (tertiary/aromatic N) is 4. The van der Waals surface area contributed by atoms with E-state index in [1.165, 1.54) is 16.3 Å². The molecular weight excluding hydrogens is 368 g/mol. The number of para-hydroxylation sites is 2. The molecule has 1 aliphatic carbocycles. The van der Waals surface area contributed by atoms with Gasteiger partial charge in [0.05, 0.1) is 16.6 Å². The molecule has 4 nitrogen and oxygen atoms in total. The molecule has 0 spiro atoms. The summed E-state index contributed by atoms with van der Waals surface area (Å²) in [7, 11) is 0. The Balaban J connectivity index is 1.80. The Morgan fingerprint density at radius 3 is 2.30 bits per heavy atom. The van der Waals surface area contributed by atoms with Crippen LogP contribution in [0.25, 0.3) is 49.1 Å². The Hall–Kier alpha value is -4.01. The minimum atomic E-state index is -0.717. The number of benzene rings is 4. The van der Waals surface area contributed by atoms with Crippen molar-refractivity contribution in [2.45, 2.75) is 12.5 Å². The lowest BCUT2D eigenvalue weighted by Crippen LogP contribution is -2.16. The SMILES string of the molecule is CC1(N=[N+]=[N-])c2ccccc2-c2cc3c(cc21)c1ccccc1n3-c1ccccc1. The first-order chi connectivity index (χ1) is 14.7. The Morgan fingerprint density at radius 2 is 1.47 bits per heavy atom. The van der Waals surface area contributed by atoms with Gasteiger partial charge in [0.25, 0.3) is 0 Å². The molecule has 0 radical (unpaired) electrons. The van der Waals surface area contributed by atoms with Gasteiger partial charge in [0.1, 0.15) is 0 Å². The lowest BCUT2D eigenvalue weighted by molar-refractivity contribution is 0.616. The van der Waals surface area contributed by atoms with Gasteiger partial charge in [-0.15, -0.1) is 0 Å². The van der Waals surface area contributed by atoms with E-state index in [0.717, 1.165) is 33.5 Å². The van der Waals surface area contributed by atoms with Gasteiger partial charge >= 0.3 is 0 Å². The van der Waals surface area contributed by atoms with Crippen molar-refractivity contribution in [1.29, 1.82) is 0 Å². The molecule has 142 valence electrons. The molecule has 4 aromatic carbocycles. The van der Waals surface area contributed by atoms with E-state index in [4.69, 9.17) is 0 Å². The molecule has 1 aromatic heterocycles. The monoisotopic (exact) mass is 386 g/mol. The van der Waals surface area contributed by atoms with Crippen LogP contribution >= 0.6 is 0 Å². The summed E-state index contributed by atoms with van der Waals surface area (Å²) in [6.07, 6.45) is 0. The highest BCUT2D eigenvalue weighted by Crippen LogP contribution is 2.51. The van der Waals surface area contributed by atoms with E-state index in [1.54, 1.807) is 0 Å². The molecule has 1 aliphatic rings. The average molecular weight is 386 g/mol. The summed E-state index contributed by atoms with van der Waals surface area (Å²) in [4.78, 5) is 3.20. The molecule has 0 amide bonds. The molecule has 6 rings (SSSR count).